The van der Waals surface area contributed by atoms with Crippen LogP contribution in [0, 0.1) is 0 Å². The molecule has 0 aliphatic rings. The molecule has 0 saturated heterocycles. The Bertz CT molecular complexity index is 678. The van der Waals surface area contributed by atoms with E-state index in [-0.39, 0.29) is 5.57 Å². The molecule has 0 heterocycles. The molecule has 0 atom stereocenters. The van der Waals surface area contributed by atoms with Crippen LogP contribution in [0.5, 0.6) is 5.75 Å². The van der Waals surface area contributed by atoms with Crippen LogP contribution in [0.4, 0.5) is 0 Å². The second-order valence-electron chi connectivity index (χ2n) is 4.76. The summed E-state index contributed by atoms with van der Waals surface area (Å²) in [5.74, 6) is -0.285. The molecule has 2 rings (SSSR count). The van der Waals surface area contributed by atoms with Gasteiger partial charge in [-0.1, -0.05) is 53.2 Å². The summed E-state index contributed by atoms with van der Waals surface area (Å²) in [4.78, 5) is 11.6. The molecular formula is C18H17BrO3. The summed E-state index contributed by atoms with van der Waals surface area (Å²) < 4.78 is 6.57. The van der Waals surface area contributed by atoms with E-state index in [4.69, 9.17) is 4.74 Å². The lowest BCUT2D eigenvalue weighted by atomic mass is 10.0. The Balaban J connectivity index is 2.48. The Labute approximate surface area is 138 Å². The maximum Gasteiger partial charge on any atom is 0.336 e. The van der Waals surface area contributed by atoms with Gasteiger partial charge in [0.15, 0.2) is 0 Å². The fourth-order valence-corrected chi connectivity index (χ4v) is 2.40. The molecule has 0 fully saturated rings. The number of aliphatic carboxylic acids is 1. The third kappa shape index (κ3) is 4.21. The van der Waals surface area contributed by atoms with Gasteiger partial charge in [0.05, 0.1) is 12.2 Å². The fourth-order valence-electron chi connectivity index (χ4n) is 2.02. The molecule has 4 heteroatoms. The summed E-state index contributed by atoms with van der Waals surface area (Å²) in [5.41, 5.74) is 1.64. The predicted molar refractivity (Wildman–Crippen MR) is 91.9 cm³/mol. The van der Waals surface area contributed by atoms with Gasteiger partial charge in [-0.2, -0.15) is 0 Å². The molecule has 0 saturated carbocycles. The molecule has 3 nitrogen and oxygen atoms in total. The third-order valence-electron chi connectivity index (χ3n) is 3.05. The van der Waals surface area contributed by atoms with Crippen molar-refractivity contribution in [2.24, 2.45) is 0 Å². The van der Waals surface area contributed by atoms with Crippen LogP contribution in [-0.2, 0) is 4.79 Å². The van der Waals surface area contributed by atoms with Gasteiger partial charge >= 0.3 is 5.97 Å². The second-order valence-corrected chi connectivity index (χ2v) is 5.68. The molecule has 22 heavy (non-hydrogen) atoms. The van der Waals surface area contributed by atoms with Crippen LogP contribution in [0.2, 0.25) is 0 Å². The van der Waals surface area contributed by atoms with E-state index in [1.165, 1.54) is 0 Å². The van der Waals surface area contributed by atoms with Crippen LogP contribution in [-0.4, -0.2) is 17.7 Å². The van der Waals surface area contributed by atoms with Gasteiger partial charge in [-0.15, -0.1) is 0 Å². The third-order valence-corrected chi connectivity index (χ3v) is 3.54. The number of carboxylic acid groups (broad SMARTS) is 1. The number of carboxylic acids is 1. The van der Waals surface area contributed by atoms with Crippen LogP contribution in [0.25, 0.3) is 11.6 Å². The first-order chi connectivity index (χ1) is 10.6. The van der Waals surface area contributed by atoms with E-state index >= 15 is 0 Å². The van der Waals surface area contributed by atoms with Crippen molar-refractivity contribution in [1.29, 1.82) is 0 Å². The molecule has 0 amide bonds. The summed E-state index contributed by atoms with van der Waals surface area (Å²) in [6.07, 6.45) is 2.54. The average Bonchev–Trinajstić information content (AvgIpc) is 2.52. The molecule has 0 aromatic heterocycles. The van der Waals surface area contributed by atoms with E-state index in [0.29, 0.717) is 17.9 Å². The number of hydrogen-bond acceptors (Lipinski definition) is 2. The smallest absolute Gasteiger partial charge is 0.336 e. The first kappa shape index (κ1) is 16.3. The van der Waals surface area contributed by atoms with Crippen LogP contribution in [0.15, 0.2) is 53.0 Å². The molecule has 2 aromatic carbocycles. The highest BCUT2D eigenvalue weighted by Gasteiger charge is 2.12. The topological polar surface area (TPSA) is 46.5 Å². The molecule has 0 unspecified atom stereocenters. The Morgan fingerprint density at radius 3 is 2.59 bits per heavy atom. The standard InChI is InChI=1S/C18H17BrO3/c1-2-10-22-17-9-8-15(19)11-14(17)12-16(18(20)21)13-6-4-3-5-7-13/h3-9,11-12H,2,10H2,1H3,(H,20,21)/b16-12-. The first-order valence-corrected chi connectivity index (χ1v) is 7.84. The Kier molecular flexibility index (Phi) is 5.78. The molecule has 114 valence electrons. The molecule has 0 aliphatic heterocycles. The van der Waals surface area contributed by atoms with Gasteiger partial charge in [0.25, 0.3) is 0 Å². The molecule has 0 radical (unpaired) electrons. The van der Waals surface area contributed by atoms with Gasteiger partial charge in [0.2, 0.25) is 0 Å². The molecule has 1 N–H and O–H groups in total. The van der Waals surface area contributed by atoms with Crippen molar-refractivity contribution in [2.75, 3.05) is 6.61 Å². The number of hydrogen-bond donors (Lipinski definition) is 1. The second kappa shape index (κ2) is 7.80. The highest BCUT2D eigenvalue weighted by atomic mass is 79.9. The zero-order valence-electron chi connectivity index (χ0n) is 12.3. The van der Waals surface area contributed by atoms with E-state index in [1.54, 1.807) is 18.2 Å². The van der Waals surface area contributed by atoms with E-state index in [0.717, 1.165) is 16.5 Å². The van der Waals surface area contributed by atoms with Crippen molar-refractivity contribution in [3.8, 4) is 5.75 Å². The number of carbonyl (C=O) groups is 1. The highest BCUT2D eigenvalue weighted by Crippen LogP contribution is 2.28. The maximum atomic E-state index is 11.6. The van der Waals surface area contributed by atoms with E-state index in [1.807, 2.05) is 43.3 Å². The summed E-state index contributed by atoms with van der Waals surface area (Å²) in [6, 6.07) is 14.6. The van der Waals surface area contributed by atoms with Crippen LogP contribution in [0.3, 0.4) is 0 Å². The van der Waals surface area contributed by atoms with Crippen molar-refractivity contribution in [2.45, 2.75) is 13.3 Å². The largest absolute Gasteiger partial charge is 0.493 e. The predicted octanol–water partition coefficient (Wildman–Crippen LogP) is 4.86. The number of ether oxygens (including phenoxy) is 1. The lowest BCUT2D eigenvalue weighted by molar-refractivity contribution is -0.130. The number of benzene rings is 2. The number of rotatable bonds is 6. The monoisotopic (exact) mass is 360 g/mol. The van der Waals surface area contributed by atoms with Crippen LogP contribution in [0.1, 0.15) is 24.5 Å². The maximum absolute atomic E-state index is 11.6. The minimum atomic E-state index is -0.965. The lowest BCUT2D eigenvalue weighted by Crippen LogP contribution is -2.01. The van der Waals surface area contributed by atoms with Gasteiger partial charge in [0.1, 0.15) is 5.75 Å². The Morgan fingerprint density at radius 1 is 1.23 bits per heavy atom. The molecule has 0 bridgehead atoms. The molecule has 0 spiro atoms. The quantitative estimate of drug-likeness (QED) is 0.590. The summed E-state index contributed by atoms with van der Waals surface area (Å²) in [5, 5.41) is 9.50. The highest BCUT2D eigenvalue weighted by molar-refractivity contribution is 9.10. The summed E-state index contributed by atoms with van der Waals surface area (Å²) in [7, 11) is 0. The van der Waals surface area contributed by atoms with Crippen molar-refractivity contribution in [3.05, 3.63) is 64.1 Å². The summed E-state index contributed by atoms with van der Waals surface area (Å²) in [6.45, 7) is 2.62. The van der Waals surface area contributed by atoms with Crippen LogP contribution >= 0.6 is 15.9 Å². The lowest BCUT2D eigenvalue weighted by Gasteiger charge is -2.10. The zero-order valence-corrected chi connectivity index (χ0v) is 13.8. The van der Waals surface area contributed by atoms with Gasteiger partial charge in [-0.25, -0.2) is 4.79 Å². The zero-order chi connectivity index (χ0) is 15.9. The van der Waals surface area contributed by atoms with Gasteiger partial charge in [-0.05, 0) is 36.3 Å². The van der Waals surface area contributed by atoms with E-state index in [9.17, 15) is 9.90 Å². The van der Waals surface area contributed by atoms with Gasteiger partial charge in [0, 0.05) is 10.0 Å². The summed E-state index contributed by atoms with van der Waals surface area (Å²) >= 11 is 3.42. The van der Waals surface area contributed by atoms with Gasteiger partial charge < -0.3 is 9.84 Å². The molecular weight excluding hydrogens is 344 g/mol. The average molecular weight is 361 g/mol. The Hall–Kier alpha value is -2.07. The fraction of sp³-hybridized carbons (Fsp3) is 0.167. The van der Waals surface area contributed by atoms with E-state index in [2.05, 4.69) is 15.9 Å². The van der Waals surface area contributed by atoms with Crippen molar-refractivity contribution < 1.29 is 14.6 Å². The van der Waals surface area contributed by atoms with Gasteiger partial charge in [-0.3, -0.25) is 0 Å². The van der Waals surface area contributed by atoms with Crippen LogP contribution < -0.4 is 4.74 Å². The SMILES string of the molecule is CCCOc1ccc(Br)cc1/C=C(\C(=O)O)c1ccccc1. The number of halogens is 1. The van der Waals surface area contributed by atoms with Crippen molar-refractivity contribution in [1.82, 2.24) is 0 Å². The van der Waals surface area contributed by atoms with Crippen molar-refractivity contribution >= 4 is 33.5 Å². The molecule has 2 aromatic rings. The van der Waals surface area contributed by atoms with Crippen molar-refractivity contribution in [3.63, 3.8) is 0 Å². The Morgan fingerprint density at radius 2 is 1.95 bits per heavy atom. The normalized spacial score (nSPS) is 11.3. The molecule has 0 aliphatic carbocycles. The minimum absolute atomic E-state index is 0.236. The minimum Gasteiger partial charge on any atom is -0.493 e. The van der Waals surface area contributed by atoms with E-state index < -0.39 is 5.97 Å². The first-order valence-electron chi connectivity index (χ1n) is 7.04.